The van der Waals surface area contributed by atoms with Crippen molar-refractivity contribution in [1.82, 2.24) is 0 Å². The van der Waals surface area contributed by atoms with E-state index in [1.807, 2.05) is 0 Å². The highest BCUT2D eigenvalue weighted by molar-refractivity contribution is 7.91. The van der Waals surface area contributed by atoms with Gasteiger partial charge in [-0.3, -0.25) is 4.79 Å². The van der Waals surface area contributed by atoms with Crippen LogP contribution in [0.4, 0.5) is 0 Å². The lowest BCUT2D eigenvalue weighted by atomic mass is 10.3. The molecule has 2 rings (SSSR count). The van der Waals surface area contributed by atoms with E-state index in [9.17, 15) is 13.2 Å². The van der Waals surface area contributed by atoms with Gasteiger partial charge >= 0.3 is 5.97 Å². The monoisotopic (exact) mass is 492 g/mol. The van der Waals surface area contributed by atoms with Crippen molar-refractivity contribution in [2.75, 3.05) is 19.1 Å². The molecule has 10 heteroatoms. The topological polar surface area (TPSA) is 78.9 Å². The molecular formula is C20H19Cl3O6S. The van der Waals surface area contributed by atoms with Crippen LogP contribution in [0.5, 0.6) is 11.5 Å². The summed E-state index contributed by atoms with van der Waals surface area (Å²) in [5.41, 5.74) is 0. The third kappa shape index (κ3) is 6.41. The second kappa shape index (κ2) is 11.1. The van der Waals surface area contributed by atoms with E-state index >= 15 is 0 Å². The van der Waals surface area contributed by atoms with E-state index < -0.39 is 21.9 Å². The minimum atomic E-state index is -3.88. The smallest absolute Gasteiger partial charge is 0.303 e. The molecule has 2 aromatic rings. The summed E-state index contributed by atoms with van der Waals surface area (Å²) in [6.07, 6.45) is 0.876. The lowest BCUT2D eigenvalue weighted by Crippen LogP contribution is -2.25. The van der Waals surface area contributed by atoms with Gasteiger partial charge < -0.3 is 14.2 Å². The Bertz CT molecular complexity index is 954. The number of halogens is 3. The fourth-order valence-electron chi connectivity index (χ4n) is 2.36. The third-order valence-electron chi connectivity index (χ3n) is 3.70. The molecule has 0 saturated carbocycles. The van der Waals surface area contributed by atoms with Crippen molar-refractivity contribution in [3.63, 3.8) is 0 Å². The molecule has 0 fully saturated rings. The van der Waals surface area contributed by atoms with Crippen LogP contribution in [-0.2, 0) is 19.4 Å². The summed E-state index contributed by atoms with van der Waals surface area (Å²) in [6.45, 7) is 5.01. The van der Waals surface area contributed by atoms with Crippen LogP contribution in [0.3, 0.4) is 0 Å². The highest BCUT2D eigenvalue weighted by atomic mass is 35.5. The summed E-state index contributed by atoms with van der Waals surface area (Å²) in [5.74, 6) is 0.0696. The van der Waals surface area contributed by atoms with Crippen LogP contribution in [0, 0.1) is 13.3 Å². The normalized spacial score (nSPS) is 12.3. The number of ether oxygens (including phenoxy) is 3. The van der Waals surface area contributed by atoms with E-state index in [1.54, 1.807) is 18.6 Å². The summed E-state index contributed by atoms with van der Waals surface area (Å²) < 4.78 is 41.7. The highest BCUT2D eigenvalue weighted by Gasteiger charge is 2.22. The molecule has 0 bridgehead atoms. The third-order valence-corrected chi connectivity index (χ3v) is 6.36. The van der Waals surface area contributed by atoms with Gasteiger partial charge in [-0.1, -0.05) is 23.2 Å². The Morgan fingerprint density at radius 3 is 2.20 bits per heavy atom. The van der Waals surface area contributed by atoms with Gasteiger partial charge in [-0.05, 0) is 49.7 Å². The first-order valence-electron chi connectivity index (χ1n) is 8.63. The number of hydrogen-bond acceptors (Lipinski definition) is 6. The molecule has 1 atom stereocenters. The van der Waals surface area contributed by atoms with Gasteiger partial charge in [0.2, 0.25) is 9.84 Å². The van der Waals surface area contributed by atoms with Gasteiger partial charge in [0.25, 0.3) is 0 Å². The van der Waals surface area contributed by atoms with E-state index in [0.717, 1.165) is 0 Å². The average Bonchev–Trinajstić information content (AvgIpc) is 2.70. The Morgan fingerprint density at radius 1 is 1.10 bits per heavy atom. The summed E-state index contributed by atoms with van der Waals surface area (Å²) in [7, 11) is -3.88. The van der Waals surface area contributed by atoms with Crippen molar-refractivity contribution >= 4 is 50.6 Å². The van der Waals surface area contributed by atoms with Crippen LogP contribution in [0.15, 0.2) is 46.2 Å². The molecular weight excluding hydrogens is 475 g/mol. The molecule has 0 aliphatic rings. The van der Waals surface area contributed by atoms with Crippen molar-refractivity contribution in [2.45, 2.75) is 22.8 Å². The fraction of sp³-hybridized carbons (Fsp3) is 0.250. The van der Waals surface area contributed by atoms with Gasteiger partial charge in [0.1, 0.15) is 18.5 Å². The molecule has 0 aromatic heterocycles. The summed E-state index contributed by atoms with van der Waals surface area (Å²) in [5, 5.41) is -0.0219. The van der Waals surface area contributed by atoms with Crippen LogP contribution in [0.1, 0.15) is 6.92 Å². The van der Waals surface area contributed by atoms with Gasteiger partial charge in [-0.2, -0.15) is 0 Å². The molecule has 0 N–H and O–H groups in total. The van der Waals surface area contributed by atoms with Gasteiger partial charge in [-0.25, -0.2) is 8.42 Å². The Labute approximate surface area is 190 Å². The number of hydrogen-bond donors (Lipinski definition) is 0. The second-order valence-corrected chi connectivity index (χ2v) is 9.06. The quantitative estimate of drug-likeness (QED) is 0.350. The number of rotatable bonds is 10. The van der Waals surface area contributed by atoms with Crippen LogP contribution in [0.25, 0.3) is 0 Å². The standard InChI is InChI=1S/C20H19Cl3O6S/c1-3-8-27-14-4-6-16(7-5-14)30(25,26)17-9-18(22)20(19(23)10-17)28-12-15(11-21)29-13(2)24/h3-7,9-10,15H,1,8,11-12H2,2H3/t15-/m0/s1. The summed E-state index contributed by atoms with van der Waals surface area (Å²) in [4.78, 5) is 11.0. The lowest BCUT2D eigenvalue weighted by molar-refractivity contribution is -0.146. The van der Waals surface area contributed by atoms with Gasteiger partial charge in [-0.15, -0.1) is 11.6 Å². The number of esters is 1. The van der Waals surface area contributed by atoms with Crippen LogP contribution in [-0.4, -0.2) is 39.6 Å². The Morgan fingerprint density at radius 2 is 1.70 bits per heavy atom. The molecule has 2 aromatic carbocycles. The predicted molar refractivity (Wildman–Crippen MR) is 115 cm³/mol. The number of benzene rings is 2. The summed E-state index contributed by atoms with van der Waals surface area (Å²) >= 11 is 18.1. The first-order chi connectivity index (χ1) is 14.2. The average molecular weight is 494 g/mol. The summed E-state index contributed by atoms with van der Waals surface area (Å²) in [6, 6.07) is 8.40. The zero-order chi connectivity index (χ0) is 22.3. The van der Waals surface area contributed by atoms with Crippen LogP contribution < -0.4 is 9.47 Å². The van der Waals surface area contributed by atoms with Crippen molar-refractivity contribution < 1.29 is 27.4 Å². The molecule has 0 saturated heterocycles. The van der Waals surface area contributed by atoms with Crippen molar-refractivity contribution in [3.05, 3.63) is 59.8 Å². The van der Waals surface area contributed by atoms with E-state index in [0.29, 0.717) is 12.4 Å². The second-order valence-electron chi connectivity index (χ2n) is 5.99. The zero-order valence-electron chi connectivity index (χ0n) is 15.9. The Balaban J connectivity index is 2.23. The first-order valence-corrected chi connectivity index (χ1v) is 11.4. The Kier molecular flexibility index (Phi) is 9.09. The number of alkyl halides is 1. The van der Waals surface area contributed by atoms with Gasteiger partial charge in [0.15, 0.2) is 5.75 Å². The Hall–Kier alpha value is -1.67. The number of carbonyl (C=O) groups is 1. The van der Waals surface area contributed by atoms with Gasteiger partial charge in [0.05, 0.1) is 32.3 Å². The molecule has 30 heavy (non-hydrogen) atoms. The predicted octanol–water partition coefficient (Wildman–Crippen LogP) is 4.79. The maximum Gasteiger partial charge on any atom is 0.303 e. The molecule has 2 radical (unpaired) electrons. The molecule has 0 spiro atoms. The largest absolute Gasteiger partial charge is 0.493 e. The van der Waals surface area contributed by atoms with E-state index in [-0.39, 0.29) is 38.1 Å². The van der Waals surface area contributed by atoms with Crippen molar-refractivity contribution in [3.8, 4) is 11.5 Å². The zero-order valence-corrected chi connectivity index (χ0v) is 19.0. The van der Waals surface area contributed by atoms with Gasteiger partial charge in [0, 0.05) is 6.92 Å². The minimum absolute atomic E-state index is 0.00773. The minimum Gasteiger partial charge on any atom is -0.493 e. The highest BCUT2D eigenvalue weighted by Crippen LogP contribution is 2.37. The fourth-order valence-corrected chi connectivity index (χ4v) is 4.55. The number of carbonyl (C=O) groups excluding carboxylic acids is 1. The maximum atomic E-state index is 12.9. The maximum absolute atomic E-state index is 12.9. The molecule has 6 nitrogen and oxygen atoms in total. The molecule has 0 aliphatic heterocycles. The molecule has 0 amide bonds. The molecule has 162 valence electrons. The van der Waals surface area contributed by atoms with E-state index in [1.165, 1.54) is 31.2 Å². The number of sulfone groups is 1. The molecule has 0 unspecified atom stereocenters. The molecule has 0 aliphatic carbocycles. The first kappa shape index (κ1) is 24.6. The van der Waals surface area contributed by atoms with Crippen LogP contribution in [0.2, 0.25) is 10.0 Å². The van der Waals surface area contributed by atoms with E-state index in [4.69, 9.17) is 49.0 Å². The van der Waals surface area contributed by atoms with E-state index in [2.05, 4.69) is 6.92 Å². The van der Waals surface area contributed by atoms with Crippen molar-refractivity contribution in [1.29, 1.82) is 0 Å². The van der Waals surface area contributed by atoms with Crippen LogP contribution >= 0.6 is 34.8 Å². The molecule has 0 heterocycles. The SMILES string of the molecule is [CH2][CH]COc1ccc(S(=O)(=O)c2cc(Cl)c(OC[C@H](CCl)OC(C)=O)c(Cl)c2)cc1. The lowest BCUT2D eigenvalue weighted by Gasteiger charge is -2.17. The van der Waals surface area contributed by atoms with Crippen molar-refractivity contribution in [2.24, 2.45) is 0 Å².